The molecule has 0 spiro atoms. The minimum Gasteiger partial charge on any atom is -0.395 e. The van der Waals surface area contributed by atoms with Gasteiger partial charge in [0, 0.05) is 26.2 Å². The quantitative estimate of drug-likeness (QED) is 0.285. The maximum atomic E-state index is 13.5. The lowest BCUT2D eigenvalue weighted by Crippen LogP contribution is -2.39. The highest BCUT2D eigenvalue weighted by Crippen LogP contribution is 2.19. The van der Waals surface area contributed by atoms with Crippen LogP contribution in [-0.4, -0.2) is 69.9 Å². The van der Waals surface area contributed by atoms with Crippen LogP contribution in [0.15, 0.2) is 88.7 Å². The fourth-order valence-electron chi connectivity index (χ4n) is 3.89. The Bertz CT molecular complexity index is 1340. The highest BCUT2D eigenvalue weighted by Gasteiger charge is 2.27. The van der Waals surface area contributed by atoms with Crippen LogP contribution in [0.25, 0.3) is 0 Å². The van der Waals surface area contributed by atoms with Gasteiger partial charge in [-0.2, -0.15) is 8.61 Å². The second kappa shape index (κ2) is 14.0. The zero-order chi connectivity index (χ0) is 27.6. The third kappa shape index (κ3) is 8.20. The Morgan fingerprint density at radius 3 is 1.61 bits per heavy atom. The normalized spacial score (nSPS) is 12.3. The van der Waals surface area contributed by atoms with Crippen molar-refractivity contribution >= 4 is 20.0 Å². The van der Waals surface area contributed by atoms with E-state index in [1.165, 1.54) is 20.7 Å². The molecule has 38 heavy (non-hydrogen) atoms. The van der Waals surface area contributed by atoms with Crippen molar-refractivity contribution in [3.05, 3.63) is 95.6 Å². The monoisotopic (exact) mass is 560 g/mol. The SMILES string of the molecule is Cc1ccc(S(=O)(=O)N(CCO)CCCN(CCOCc2ccccc2)S(=O)(=O)c2ccc(C)cc2)cc1. The molecule has 3 aromatic carbocycles. The van der Waals surface area contributed by atoms with Gasteiger partial charge in [0.15, 0.2) is 0 Å². The molecule has 1 N–H and O–H groups in total. The van der Waals surface area contributed by atoms with E-state index < -0.39 is 20.0 Å². The van der Waals surface area contributed by atoms with Gasteiger partial charge >= 0.3 is 0 Å². The molecular formula is C28H36N2O6S2. The van der Waals surface area contributed by atoms with Gasteiger partial charge in [0.05, 0.1) is 29.6 Å². The predicted molar refractivity (Wildman–Crippen MR) is 148 cm³/mol. The maximum absolute atomic E-state index is 13.5. The number of hydrogen-bond donors (Lipinski definition) is 1. The first kappa shape index (κ1) is 29.9. The van der Waals surface area contributed by atoms with E-state index in [2.05, 4.69) is 0 Å². The summed E-state index contributed by atoms with van der Waals surface area (Å²) in [6.45, 7) is 4.14. The van der Waals surface area contributed by atoms with Crippen LogP contribution in [0.1, 0.15) is 23.1 Å². The largest absolute Gasteiger partial charge is 0.395 e. The van der Waals surface area contributed by atoms with Crippen molar-refractivity contribution in [1.82, 2.24) is 8.61 Å². The molecule has 0 unspecified atom stereocenters. The van der Waals surface area contributed by atoms with Crippen LogP contribution in [0.2, 0.25) is 0 Å². The topological polar surface area (TPSA) is 104 Å². The van der Waals surface area contributed by atoms with Gasteiger partial charge in [0.25, 0.3) is 0 Å². The third-order valence-corrected chi connectivity index (χ3v) is 9.90. The van der Waals surface area contributed by atoms with E-state index >= 15 is 0 Å². The van der Waals surface area contributed by atoms with Crippen molar-refractivity contribution in [3.63, 3.8) is 0 Å². The summed E-state index contributed by atoms with van der Waals surface area (Å²) in [5.41, 5.74) is 2.87. The summed E-state index contributed by atoms with van der Waals surface area (Å²) in [5, 5.41) is 9.51. The number of aryl methyl sites for hydroxylation is 2. The van der Waals surface area contributed by atoms with E-state index in [0.717, 1.165) is 16.7 Å². The molecule has 0 saturated carbocycles. The van der Waals surface area contributed by atoms with Gasteiger partial charge in [0.1, 0.15) is 0 Å². The van der Waals surface area contributed by atoms with Gasteiger partial charge in [-0.05, 0) is 50.1 Å². The molecule has 10 heteroatoms. The summed E-state index contributed by atoms with van der Waals surface area (Å²) in [6, 6.07) is 22.7. The molecular weight excluding hydrogens is 524 g/mol. The van der Waals surface area contributed by atoms with Gasteiger partial charge in [-0.1, -0.05) is 65.7 Å². The molecule has 0 atom stereocenters. The maximum Gasteiger partial charge on any atom is 0.243 e. The molecule has 0 aromatic heterocycles. The minimum absolute atomic E-state index is 0.0571. The van der Waals surface area contributed by atoms with Gasteiger partial charge in [0.2, 0.25) is 20.0 Å². The van der Waals surface area contributed by atoms with E-state index in [-0.39, 0.29) is 55.6 Å². The van der Waals surface area contributed by atoms with Crippen LogP contribution < -0.4 is 0 Å². The van der Waals surface area contributed by atoms with E-state index in [1.807, 2.05) is 44.2 Å². The summed E-state index contributed by atoms with van der Waals surface area (Å²) in [6.07, 6.45) is 0.245. The summed E-state index contributed by atoms with van der Waals surface area (Å²) < 4.78 is 61.5. The van der Waals surface area contributed by atoms with Crippen LogP contribution >= 0.6 is 0 Å². The Balaban J connectivity index is 1.71. The Labute approximate surface area is 226 Å². The Morgan fingerprint density at radius 2 is 1.13 bits per heavy atom. The van der Waals surface area contributed by atoms with E-state index in [0.29, 0.717) is 6.61 Å². The molecule has 0 radical (unpaired) electrons. The first-order valence-corrected chi connectivity index (χ1v) is 15.4. The van der Waals surface area contributed by atoms with E-state index in [4.69, 9.17) is 4.74 Å². The number of rotatable bonds is 15. The van der Waals surface area contributed by atoms with Crippen molar-refractivity contribution in [2.24, 2.45) is 0 Å². The number of sulfonamides is 2. The first-order valence-electron chi connectivity index (χ1n) is 12.5. The molecule has 3 aromatic rings. The Hall–Kier alpha value is -2.60. The highest BCUT2D eigenvalue weighted by atomic mass is 32.2. The second-order valence-corrected chi connectivity index (χ2v) is 12.9. The lowest BCUT2D eigenvalue weighted by atomic mass is 10.2. The number of ether oxygens (including phenoxy) is 1. The average molecular weight is 561 g/mol. The smallest absolute Gasteiger partial charge is 0.243 e. The molecule has 0 bridgehead atoms. The second-order valence-electron chi connectivity index (χ2n) is 9.05. The zero-order valence-electron chi connectivity index (χ0n) is 21.9. The van der Waals surface area contributed by atoms with Crippen molar-refractivity contribution in [3.8, 4) is 0 Å². The zero-order valence-corrected chi connectivity index (χ0v) is 23.5. The lowest BCUT2D eigenvalue weighted by molar-refractivity contribution is 0.109. The summed E-state index contributed by atoms with van der Waals surface area (Å²) in [4.78, 5) is 0.306. The first-order chi connectivity index (χ1) is 18.1. The molecule has 0 saturated heterocycles. The van der Waals surface area contributed by atoms with Crippen molar-refractivity contribution < 1.29 is 26.7 Å². The molecule has 0 heterocycles. The molecule has 0 amide bonds. The van der Waals surface area contributed by atoms with E-state index in [1.54, 1.807) is 36.4 Å². The average Bonchev–Trinajstić information content (AvgIpc) is 2.90. The standard InChI is InChI=1S/C28H36N2O6S2/c1-24-9-13-27(14-10-24)37(32,33)29(19-21-31)17-6-18-30(20-22-36-23-26-7-4-3-5-8-26)38(34,35)28-15-11-25(2)12-16-28/h3-5,7-16,31H,6,17-23H2,1-2H3. The van der Waals surface area contributed by atoms with Gasteiger partial charge in [-0.3, -0.25) is 0 Å². The summed E-state index contributed by atoms with van der Waals surface area (Å²) in [5.74, 6) is 0. The fourth-order valence-corrected chi connectivity index (χ4v) is 6.82. The van der Waals surface area contributed by atoms with Crippen molar-refractivity contribution in [2.45, 2.75) is 36.7 Å². The molecule has 0 aliphatic carbocycles. The lowest BCUT2D eigenvalue weighted by Gasteiger charge is -2.25. The number of benzene rings is 3. The molecule has 0 fully saturated rings. The van der Waals surface area contributed by atoms with Crippen LogP contribution in [0.3, 0.4) is 0 Å². The van der Waals surface area contributed by atoms with Gasteiger partial charge in [-0.25, -0.2) is 16.8 Å². The molecule has 3 rings (SSSR count). The Kier molecular flexibility index (Phi) is 11.0. The summed E-state index contributed by atoms with van der Waals surface area (Å²) in [7, 11) is -7.67. The number of nitrogens with zero attached hydrogens (tertiary/aromatic N) is 2. The van der Waals surface area contributed by atoms with Crippen LogP contribution in [-0.2, 0) is 31.4 Å². The summed E-state index contributed by atoms with van der Waals surface area (Å²) >= 11 is 0. The van der Waals surface area contributed by atoms with Crippen LogP contribution in [0, 0.1) is 13.8 Å². The van der Waals surface area contributed by atoms with Crippen LogP contribution in [0.4, 0.5) is 0 Å². The number of aliphatic hydroxyl groups excluding tert-OH is 1. The fraction of sp³-hybridized carbons (Fsp3) is 0.357. The number of hydrogen-bond acceptors (Lipinski definition) is 6. The predicted octanol–water partition coefficient (Wildman–Crippen LogP) is 3.58. The molecule has 0 aliphatic heterocycles. The number of aliphatic hydroxyl groups is 1. The van der Waals surface area contributed by atoms with E-state index in [9.17, 15) is 21.9 Å². The molecule has 206 valence electrons. The van der Waals surface area contributed by atoms with Crippen LogP contribution in [0.5, 0.6) is 0 Å². The van der Waals surface area contributed by atoms with Crippen molar-refractivity contribution in [2.75, 3.05) is 39.4 Å². The molecule has 8 nitrogen and oxygen atoms in total. The third-order valence-electron chi connectivity index (χ3n) is 6.08. The van der Waals surface area contributed by atoms with Gasteiger partial charge < -0.3 is 9.84 Å². The van der Waals surface area contributed by atoms with Gasteiger partial charge in [-0.15, -0.1) is 0 Å². The van der Waals surface area contributed by atoms with Crippen molar-refractivity contribution in [1.29, 1.82) is 0 Å². The minimum atomic E-state index is -3.84. The molecule has 0 aliphatic rings. The highest BCUT2D eigenvalue weighted by molar-refractivity contribution is 7.89. The Morgan fingerprint density at radius 1 is 0.658 bits per heavy atom.